The second-order valence-electron chi connectivity index (χ2n) is 6.65. The molecular weight excluding hydrogens is 278 g/mol. The van der Waals surface area contributed by atoms with Crippen molar-refractivity contribution in [3.63, 3.8) is 0 Å². The molecule has 3 rings (SSSR count). The number of ether oxygens (including phenoxy) is 1. The molecular formula is C17H25N3O2. The highest BCUT2D eigenvalue weighted by Gasteiger charge is 2.35. The summed E-state index contributed by atoms with van der Waals surface area (Å²) in [6, 6.07) is 4.51. The van der Waals surface area contributed by atoms with Crippen LogP contribution < -0.4 is 5.32 Å². The summed E-state index contributed by atoms with van der Waals surface area (Å²) in [5, 5.41) is 3.24. The van der Waals surface area contributed by atoms with Crippen LogP contribution in [0.25, 0.3) is 0 Å². The van der Waals surface area contributed by atoms with Crippen LogP contribution in [-0.4, -0.2) is 47.6 Å². The molecule has 5 nitrogen and oxygen atoms in total. The van der Waals surface area contributed by atoms with Crippen LogP contribution in [0.4, 0.5) is 5.82 Å². The highest BCUT2D eigenvalue weighted by atomic mass is 16.5. The van der Waals surface area contributed by atoms with Crippen LogP contribution in [0.2, 0.25) is 0 Å². The molecule has 0 spiro atoms. The Hall–Kier alpha value is -1.62. The van der Waals surface area contributed by atoms with Crippen LogP contribution in [0.3, 0.4) is 0 Å². The Labute approximate surface area is 132 Å². The zero-order valence-electron chi connectivity index (χ0n) is 13.4. The first kappa shape index (κ1) is 15.3. The van der Waals surface area contributed by atoms with E-state index < -0.39 is 0 Å². The van der Waals surface area contributed by atoms with E-state index in [0.717, 1.165) is 44.8 Å². The van der Waals surface area contributed by atoms with Gasteiger partial charge in [0.05, 0.1) is 12.2 Å². The normalized spacial score (nSPS) is 21.1. The maximum Gasteiger partial charge on any atom is 0.255 e. The van der Waals surface area contributed by atoms with Crippen molar-refractivity contribution < 1.29 is 9.53 Å². The third-order valence-electron chi connectivity index (χ3n) is 4.17. The molecule has 1 saturated heterocycles. The van der Waals surface area contributed by atoms with Crippen LogP contribution in [0.15, 0.2) is 18.3 Å². The van der Waals surface area contributed by atoms with Gasteiger partial charge in [0.25, 0.3) is 5.91 Å². The lowest BCUT2D eigenvalue weighted by Gasteiger charge is -2.25. The zero-order valence-corrected chi connectivity index (χ0v) is 13.4. The number of anilines is 1. The quantitative estimate of drug-likeness (QED) is 0.877. The van der Waals surface area contributed by atoms with Gasteiger partial charge in [0, 0.05) is 37.4 Å². The van der Waals surface area contributed by atoms with E-state index in [1.807, 2.05) is 17.0 Å². The fourth-order valence-electron chi connectivity index (χ4n) is 2.86. The summed E-state index contributed by atoms with van der Waals surface area (Å²) in [7, 11) is 0. The molecule has 5 heteroatoms. The minimum Gasteiger partial charge on any atom is -0.381 e. The van der Waals surface area contributed by atoms with Gasteiger partial charge in [-0.15, -0.1) is 0 Å². The van der Waals surface area contributed by atoms with Gasteiger partial charge >= 0.3 is 0 Å². The Morgan fingerprint density at radius 2 is 2.23 bits per heavy atom. The monoisotopic (exact) mass is 303 g/mol. The summed E-state index contributed by atoms with van der Waals surface area (Å²) in [4.78, 5) is 19.2. The molecule has 0 radical (unpaired) electrons. The molecule has 2 fully saturated rings. The van der Waals surface area contributed by atoms with E-state index in [9.17, 15) is 4.79 Å². The van der Waals surface area contributed by atoms with Gasteiger partial charge in [-0.25, -0.2) is 4.98 Å². The van der Waals surface area contributed by atoms with E-state index in [1.165, 1.54) is 0 Å². The first-order valence-electron chi connectivity index (χ1n) is 8.25. The number of aromatic nitrogens is 1. The SMILES string of the molecule is CC(C)Nc1ccc(C(=O)N(CC2CCOC2)C2CC2)cn1. The smallest absolute Gasteiger partial charge is 0.255 e. The molecule has 1 N–H and O–H groups in total. The van der Waals surface area contributed by atoms with Gasteiger partial charge in [-0.2, -0.15) is 0 Å². The summed E-state index contributed by atoms with van der Waals surface area (Å²) in [5.41, 5.74) is 0.681. The van der Waals surface area contributed by atoms with E-state index in [0.29, 0.717) is 23.6 Å². The van der Waals surface area contributed by atoms with E-state index in [1.54, 1.807) is 6.20 Å². The number of carbonyl (C=O) groups excluding carboxylic acids is 1. The molecule has 120 valence electrons. The third kappa shape index (κ3) is 3.77. The molecule has 0 bridgehead atoms. The van der Waals surface area contributed by atoms with Crippen molar-refractivity contribution >= 4 is 11.7 Å². The van der Waals surface area contributed by atoms with Gasteiger partial charge in [0.2, 0.25) is 0 Å². The highest BCUT2D eigenvalue weighted by molar-refractivity contribution is 5.94. The van der Waals surface area contributed by atoms with Crippen molar-refractivity contribution in [1.29, 1.82) is 0 Å². The van der Waals surface area contributed by atoms with Crippen molar-refractivity contribution in [2.45, 2.75) is 45.2 Å². The molecule has 0 aromatic carbocycles. The number of pyridine rings is 1. The zero-order chi connectivity index (χ0) is 15.5. The average Bonchev–Trinajstić information content (AvgIpc) is 3.21. The molecule has 1 aliphatic heterocycles. The maximum atomic E-state index is 12.8. The number of rotatable bonds is 6. The van der Waals surface area contributed by atoms with Crippen LogP contribution in [0, 0.1) is 5.92 Å². The van der Waals surface area contributed by atoms with Gasteiger partial charge in [-0.1, -0.05) is 0 Å². The van der Waals surface area contributed by atoms with E-state index in [4.69, 9.17) is 4.74 Å². The largest absolute Gasteiger partial charge is 0.381 e. The van der Waals surface area contributed by atoms with Gasteiger partial charge in [0.1, 0.15) is 5.82 Å². The second kappa shape index (κ2) is 6.65. The van der Waals surface area contributed by atoms with Gasteiger partial charge in [-0.05, 0) is 45.2 Å². The van der Waals surface area contributed by atoms with Crippen molar-refractivity contribution in [2.24, 2.45) is 5.92 Å². The summed E-state index contributed by atoms with van der Waals surface area (Å²) in [5.74, 6) is 1.41. The van der Waals surface area contributed by atoms with E-state index in [2.05, 4.69) is 24.1 Å². The molecule has 1 unspecified atom stereocenters. The minimum absolute atomic E-state index is 0.109. The number of amides is 1. The fourth-order valence-corrected chi connectivity index (χ4v) is 2.86. The van der Waals surface area contributed by atoms with E-state index in [-0.39, 0.29) is 5.91 Å². The predicted molar refractivity (Wildman–Crippen MR) is 86.0 cm³/mol. The lowest BCUT2D eigenvalue weighted by atomic mass is 10.1. The van der Waals surface area contributed by atoms with Crippen LogP contribution in [0.1, 0.15) is 43.5 Å². The molecule has 2 heterocycles. The topological polar surface area (TPSA) is 54.5 Å². The molecule has 1 saturated carbocycles. The molecule has 1 atom stereocenters. The molecule has 2 aliphatic rings. The van der Waals surface area contributed by atoms with Gasteiger partial charge < -0.3 is 15.0 Å². The van der Waals surface area contributed by atoms with Gasteiger partial charge in [0.15, 0.2) is 0 Å². The summed E-state index contributed by atoms with van der Waals surface area (Å²) in [6.45, 7) is 6.56. The average molecular weight is 303 g/mol. The lowest BCUT2D eigenvalue weighted by molar-refractivity contribution is 0.0706. The van der Waals surface area contributed by atoms with Crippen molar-refractivity contribution in [3.05, 3.63) is 23.9 Å². The second-order valence-corrected chi connectivity index (χ2v) is 6.65. The van der Waals surface area contributed by atoms with Crippen LogP contribution in [0.5, 0.6) is 0 Å². The number of hydrogen-bond donors (Lipinski definition) is 1. The number of hydrogen-bond acceptors (Lipinski definition) is 4. The Morgan fingerprint density at radius 1 is 1.41 bits per heavy atom. The predicted octanol–water partition coefficient (Wildman–Crippen LogP) is 2.54. The standard InChI is InChI=1S/C17H25N3O2/c1-12(2)19-16-6-3-14(9-18-16)17(21)20(15-4-5-15)10-13-7-8-22-11-13/h3,6,9,12-13,15H,4-5,7-8,10-11H2,1-2H3,(H,18,19). The van der Waals surface area contributed by atoms with Crippen molar-refractivity contribution in [1.82, 2.24) is 9.88 Å². The molecule has 1 aromatic rings. The molecule has 22 heavy (non-hydrogen) atoms. The van der Waals surface area contributed by atoms with Crippen LogP contribution in [-0.2, 0) is 4.74 Å². The third-order valence-corrected chi connectivity index (χ3v) is 4.17. The number of nitrogens with one attached hydrogen (secondary N) is 1. The Morgan fingerprint density at radius 3 is 2.77 bits per heavy atom. The van der Waals surface area contributed by atoms with Crippen molar-refractivity contribution in [2.75, 3.05) is 25.1 Å². The number of nitrogens with zero attached hydrogens (tertiary/aromatic N) is 2. The summed E-state index contributed by atoms with van der Waals surface area (Å²) >= 11 is 0. The first-order chi connectivity index (χ1) is 10.6. The number of carbonyl (C=O) groups is 1. The summed E-state index contributed by atoms with van der Waals surface area (Å²) < 4.78 is 5.44. The van der Waals surface area contributed by atoms with Gasteiger partial charge in [-0.3, -0.25) is 4.79 Å². The highest BCUT2D eigenvalue weighted by Crippen LogP contribution is 2.30. The van der Waals surface area contributed by atoms with Crippen LogP contribution >= 0.6 is 0 Å². The summed E-state index contributed by atoms with van der Waals surface area (Å²) in [6.07, 6.45) is 5.00. The lowest BCUT2D eigenvalue weighted by Crippen LogP contribution is -2.37. The minimum atomic E-state index is 0.109. The Kier molecular flexibility index (Phi) is 4.62. The molecule has 1 aliphatic carbocycles. The Balaban J connectivity index is 1.66. The fraction of sp³-hybridized carbons (Fsp3) is 0.647. The first-order valence-corrected chi connectivity index (χ1v) is 8.25. The molecule has 1 aromatic heterocycles. The maximum absolute atomic E-state index is 12.8. The van der Waals surface area contributed by atoms with E-state index >= 15 is 0 Å². The Bertz CT molecular complexity index is 505. The molecule has 1 amide bonds. The van der Waals surface area contributed by atoms with Crippen molar-refractivity contribution in [3.8, 4) is 0 Å².